The van der Waals surface area contributed by atoms with Crippen molar-refractivity contribution in [2.24, 2.45) is 0 Å². The zero-order valence-corrected chi connectivity index (χ0v) is 6.58. The lowest BCUT2D eigenvalue weighted by Crippen LogP contribution is -1.72. The van der Waals surface area contributed by atoms with Crippen LogP contribution in [0.3, 0.4) is 0 Å². The van der Waals surface area contributed by atoms with Gasteiger partial charge in [-0.1, -0.05) is 0 Å². The number of aromatic nitrogens is 2. The van der Waals surface area contributed by atoms with E-state index in [0.29, 0.717) is 17.4 Å². The Labute approximate surface area is 68.9 Å². The molecule has 2 aromatic heterocycles. The molecular weight excluding hydrogens is 160 g/mol. The molecule has 0 aliphatic heterocycles. The highest BCUT2D eigenvalue weighted by Crippen LogP contribution is 2.12. The number of rotatable bonds is 1. The molecule has 0 unspecified atom stereocenters. The van der Waals surface area contributed by atoms with Crippen molar-refractivity contribution < 1.29 is 4.42 Å². The first-order valence-electron chi connectivity index (χ1n) is 3.21. The van der Waals surface area contributed by atoms with E-state index in [2.05, 4.69) is 22.6 Å². The van der Waals surface area contributed by atoms with Gasteiger partial charge >= 0.3 is 0 Å². The summed E-state index contributed by atoms with van der Waals surface area (Å²) in [7, 11) is 0. The van der Waals surface area contributed by atoms with Gasteiger partial charge in [0.1, 0.15) is 5.52 Å². The molecule has 11 heavy (non-hydrogen) atoms. The molecular formula is C7H6N2OS. The Morgan fingerprint density at radius 3 is 3.18 bits per heavy atom. The summed E-state index contributed by atoms with van der Waals surface area (Å²) >= 11 is 4.04. The van der Waals surface area contributed by atoms with Gasteiger partial charge in [0, 0.05) is 6.20 Å². The Balaban J connectivity index is 2.69. The Morgan fingerprint density at radius 1 is 1.55 bits per heavy atom. The van der Waals surface area contributed by atoms with Gasteiger partial charge in [0.25, 0.3) is 0 Å². The minimum absolute atomic E-state index is 0.510. The van der Waals surface area contributed by atoms with Crippen LogP contribution >= 0.6 is 12.6 Å². The third kappa shape index (κ3) is 1.09. The molecule has 0 atom stereocenters. The lowest BCUT2D eigenvalue weighted by molar-refractivity contribution is 0.547. The molecule has 0 saturated heterocycles. The monoisotopic (exact) mass is 166 g/mol. The van der Waals surface area contributed by atoms with Gasteiger partial charge in [-0.05, 0) is 12.1 Å². The largest absolute Gasteiger partial charge is 0.421 e. The zero-order valence-electron chi connectivity index (χ0n) is 5.69. The van der Waals surface area contributed by atoms with Crippen LogP contribution < -0.4 is 0 Å². The van der Waals surface area contributed by atoms with Gasteiger partial charge in [-0.15, -0.1) is 0 Å². The fourth-order valence-corrected chi connectivity index (χ4v) is 1.02. The van der Waals surface area contributed by atoms with E-state index >= 15 is 0 Å². The predicted molar refractivity (Wildman–Crippen MR) is 44.5 cm³/mol. The average Bonchev–Trinajstić information content (AvgIpc) is 2.46. The number of hydrogen-bond donors (Lipinski definition) is 1. The van der Waals surface area contributed by atoms with Gasteiger partial charge in [0.2, 0.25) is 11.6 Å². The molecule has 0 aliphatic carbocycles. The molecule has 2 rings (SSSR count). The maximum atomic E-state index is 5.22. The maximum Gasteiger partial charge on any atom is 0.246 e. The van der Waals surface area contributed by atoms with Crippen molar-refractivity contribution >= 4 is 23.9 Å². The summed E-state index contributed by atoms with van der Waals surface area (Å²) in [6, 6.07) is 3.69. The maximum absolute atomic E-state index is 5.22. The van der Waals surface area contributed by atoms with E-state index in [9.17, 15) is 0 Å². The summed E-state index contributed by atoms with van der Waals surface area (Å²) in [6.07, 6.45) is 1.68. The van der Waals surface area contributed by atoms with Gasteiger partial charge in [-0.2, -0.15) is 12.6 Å². The van der Waals surface area contributed by atoms with Crippen molar-refractivity contribution in [2.75, 3.05) is 0 Å². The van der Waals surface area contributed by atoms with Crippen LogP contribution in [0.5, 0.6) is 0 Å². The van der Waals surface area contributed by atoms with Crippen LogP contribution in [0.1, 0.15) is 5.89 Å². The van der Waals surface area contributed by atoms with Gasteiger partial charge in [0.05, 0.1) is 5.75 Å². The molecule has 2 aromatic rings. The summed E-state index contributed by atoms with van der Waals surface area (Å²) in [4.78, 5) is 8.11. The molecule has 0 amide bonds. The summed E-state index contributed by atoms with van der Waals surface area (Å²) in [5.74, 6) is 1.12. The standard InChI is InChI=1S/C7H6N2OS/c11-4-6-9-5-2-1-3-8-7(5)10-6/h1-3,11H,4H2. The molecule has 56 valence electrons. The summed E-state index contributed by atoms with van der Waals surface area (Å²) in [5, 5.41) is 0. The lowest BCUT2D eigenvalue weighted by Gasteiger charge is -1.79. The van der Waals surface area contributed by atoms with Crippen molar-refractivity contribution in [1.82, 2.24) is 9.97 Å². The second-order valence-electron chi connectivity index (χ2n) is 2.09. The SMILES string of the molecule is SCc1nc2cccnc2o1. The van der Waals surface area contributed by atoms with E-state index < -0.39 is 0 Å². The van der Waals surface area contributed by atoms with E-state index in [0.717, 1.165) is 5.52 Å². The lowest BCUT2D eigenvalue weighted by atomic mass is 10.4. The zero-order chi connectivity index (χ0) is 7.68. The van der Waals surface area contributed by atoms with E-state index in [1.807, 2.05) is 12.1 Å². The van der Waals surface area contributed by atoms with E-state index in [-0.39, 0.29) is 0 Å². The first-order chi connectivity index (χ1) is 5.40. The van der Waals surface area contributed by atoms with E-state index in [1.165, 1.54) is 0 Å². The van der Waals surface area contributed by atoms with E-state index in [4.69, 9.17) is 4.42 Å². The molecule has 0 saturated carbocycles. The normalized spacial score (nSPS) is 10.6. The third-order valence-corrected chi connectivity index (χ3v) is 1.62. The first kappa shape index (κ1) is 6.67. The molecule has 0 bridgehead atoms. The first-order valence-corrected chi connectivity index (χ1v) is 3.84. The molecule has 0 aliphatic rings. The minimum atomic E-state index is 0.510. The number of hydrogen-bond acceptors (Lipinski definition) is 4. The molecule has 2 heterocycles. The summed E-state index contributed by atoms with van der Waals surface area (Å²) in [5.41, 5.74) is 1.37. The van der Waals surface area contributed by atoms with Crippen LogP contribution in [0.4, 0.5) is 0 Å². The topological polar surface area (TPSA) is 38.9 Å². The Bertz CT molecular complexity index is 338. The number of nitrogens with zero attached hydrogens (tertiary/aromatic N) is 2. The van der Waals surface area contributed by atoms with Crippen LogP contribution in [0.15, 0.2) is 22.7 Å². The quantitative estimate of drug-likeness (QED) is 0.655. The van der Waals surface area contributed by atoms with Crippen molar-refractivity contribution in [3.05, 3.63) is 24.2 Å². The van der Waals surface area contributed by atoms with Crippen LogP contribution in [0, 0.1) is 0 Å². The molecule has 0 aromatic carbocycles. The van der Waals surface area contributed by atoms with Crippen LogP contribution in [0.2, 0.25) is 0 Å². The molecule has 0 fully saturated rings. The summed E-state index contributed by atoms with van der Waals surface area (Å²) in [6.45, 7) is 0. The number of oxazole rings is 1. The molecule has 0 spiro atoms. The van der Waals surface area contributed by atoms with Gasteiger partial charge in [-0.25, -0.2) is 9.97 Å². The summed E-state index contributed by atoms with van der Waals surface area (Å²) < 4.78 is 5.22. The van der Waals surface area contributed by atoms with Crippen molar-refractivity contribution in [1.29, 1.82) is 0 Å². The highest BCUT2D eigenvalue weighted by molar-refractivity contribution is 7.79. The van der Waals surface area contributed by atoms with Crippen LogP contribution in [0.25, 0.3) is 11.2 Å². The van der Waals surface area contributed by atoms with Crippen molar-refractivity contribution in [3.63, 3.8) is 0 Å². The number of pyridine rings is 1. The van der Waals surface area contributed by atoms with Gasteiger partial charge < -0.3 is 4.42 Å². The van der Waals surface area contributed by atoms with Crippen LogP contribution in [-0.4, -0.2) is 9.97 Å². The highest BCUT2D eigenvalue weighted by atomic mass is 32.1. The molecule has 0 radical (unpaired) electrons. The van der Waals surface area contributed by atoms with Crippen LogP contribution in [-0.2, 0) is 5.75 Å². The molecule has 0 N–H and O–H groups in total. The Hall–Kier alpha value is -1.03. The fraction of sp³-hybridized carbons (Fsp3) is 0.143. The second kappa shape index (κ2) is 2.54. The van der Waals surface area contributed by atoms with Gasteiger partial charge in [-0.3, -0.25) is 0 Å². The van der Waals surface area contributed by atoms with Crippen molar-refractivity contribution in [3.8, 4) is 0 Å². The van der Waals surface area contributed by atoms with Crippen molar-refractivity contribution in [2.45, 2.75) is 5.75 Å². The molecule has 3 nitrogen and oxygen atoms in total. The molecule has 4 heteroatoms. The smallest absolute Gasteiger partial charge is 0.246 e. The number of thiol groups is 1. The minimum Gasteiger partial charge on any atom is -0.421 e. The van der Waals surface area contributed by atoms with Gasteiger partial charge in [0.15, 0.2) is 0 Å². The Morgan fingerprint density at radius 2 is 2.45 bits per heavy atom. The second-order valence-corrected chi connectivity index (χ2v) is 2.41. The predicted octanol–water partition coefficient (Wildman–Crippen LogP) is 1.65. The fourth-order valence-electron chi connectivity index (χ4n) is 0.882. The number of fused-ring (bicyclic) bond motifs is 1. The highest BCUT2D eigenvalue weighted by Gasteiger charge is 2.02. The van der Waals surface area contributed by atoms with E-state index in [1.54, 1.807) is 6.20 Å². The Kier molecular flexibility index (Phi) is 1.54. The third-order valence-electron chi connectivity index (χ3n) is 1.35. The average molecular weight is 166 g/mol.